The smallest absolute Gasteiger partial charge is 0.244 e. The van der Waals surface area contributed by atoms with Crippen LogP contribution in [-0.4, -0.2) is 54.6 Å². The fraction of sp³-hybridized carbons (Fsp3) is 0.310. The molecule has 0 aliphatic carbocycles. The monoisotopic (exact) mass is 519 g/mol. The highest BCUT2D eigenvalue weighted by atomic mass is 32.2. The van der Waals surface area contributed by atoms with Gasteiger partial charge in [-0.2, -0.15) is 4.31 Å². The average Bonchev–Trinajstić information content (AvgIpc) is 2.92. The van der Waals surface area contributed by atoms with Crippen molar-refractivity contribution in [3.8, 4) is 11.1 Å². The van der Waals surface area contributed by atoms with Crippen LogP contribution >= 0.6 is 0 Å². The summed E-state index contributed by atoms with van der Waals surface area (Å²) >= 11 is 0. The van der Waals surface area contributed by atoms with Crippen molar-refractivity contribution in [2.45, 2.75) is 44.3 Å². The van der Waals surface area contributed by atoms with E-state index in [4.69, 9.17) is 0 Å². The molecule has 2 unspecified atom stereocenters. The lowest BCUT2D eigenvalue weighted by Gasteiger charge is -2.44. The van der Waals surface area contributed by atoms with Crippen molar-refractivity contribution in [2.24, 2.45) is 5.92 Å². The second kappa shape index (κ2) is 11.3. The molecule has 194 valence electrons. The molecule has 0 radical (unpaired) electrons. The minimum absolute atomic E-state index is 0.0984. The number of benzene rings is 3. The van der Waals surface area contributed by atoms with Crippen LogP contribution in [0.1, 0.15) is 26.3 Å². The standard InChI is InChI=1S/C29H33N3O4S/c1-21(2)29(34)32-22(3)19-31(37(35,36)26-12-8-5-9-13-26)20-27(32)28(33)30-18-23-14-16-25(17-15-23)24-10-6-4-7-11-24/h4-17,21-22,27H,18-20H2,1-3H3,(H,30,33). The predicted octanol–water partition coefficient (Wildman–Crippen LogP) is 3.92. The van der Waals surface area contributed by atoms with Crippen molar-refractivity contribution in [3.63, 3.8) is 0 Å². The highest BCUT2D eigenvalue weighted by Gasteiger charge is 2.43. The van der Waals surface area contributed by atoms with E-state index in [9.17, 15) is 18.0 Å². The Morgan fingerprint density at radius 2 is 1.43 bits per heavy atom. The first-order valence-electron chi connectivity index (χ1n) is 12.5. The molecule has 3 aromatic rings. The number of nitrogens with zero attached hydrogens (tertiary/aromatic N) is 2. The van der Waals surface area contributed by atoms with Crippen LogP contribution in [-0.2, 0) is 26.2 Å². The summed E-state index contributed by atoms with van der Waals surface area (Å²) in [6.45, 7) is 5.65. The van der Waals surface area contributed by atoms with Gasteiger partial charge in [-0.05, 0) is 35.7 Å². The molecule has 1 fully saturated rings. The summed E-state index contributed by atoms with van der Waals surface area (Å²) in [5.74, 6) is -0.863. The maximum Gasteiger partial charge on any atom is 0.244 e. The molecule has 2 amide bonds. The van der Waals surface area contributed by atoms with E-state index in [1.165, 1.54) is 4.31 Å². The van der Waals surface area contributed by atoms with Gasteiger partial charge in [0.2, 0.25) is 21.8 Å². The van der Waals surface area contributed by atoms with Crippen LogP contribution in [0.2, 0.25) is 0 Å². The molecule has 8 heteroatoms. The summed E-state index contributed by atoms with van der Waals surface area (Å²) in [5, 5.41) is 2.93. The zero-order valence-electron chi connectivity index (χ0n) is 21.4. The van der Waals surface area contributed by atoms with Crippen LogP contribution in [0.25, 0.3) is 11.1 Å². The van der Waals surface area contributed by atoms with Crippen molar-refractivity contribution >= 4 is 21.8 Å². The molecule has 2 atom stereocenters. The van der Waals surface area contributed by atoms with Crippen molar-refractivity contribution in [1.29, 1.82) is 0 Å². The Bertz CT molecular complexity index is 1330. The van der Waals surface area contributed by atoms with Gasteiger partial charge >= 0.3 is 0 Å². The number of amides is 2. The lowest BCUT2D eigenvalue weighted by Crippen LogP contribution is -2.65. The molecule has 37 heavy (non-hydrogen) atoms. The minimum atomic E-state index is -3.81. The topological polar surface area (TPSA) is 86.8 Å². The summed E-state index contributed by atoms with van der Waals surface area (Å²) in [6, 6.07) is 24.7. The van der Waals surface area contributed by atoms with Gasteiger partial charge in [0.1, 0.15) is 6.04 Å². The van der Waals surface area contributed by atoms with Crippen LogP contribution in [0.15, 0.2) is 89.8 Å². The third-order valence-corrected chi connectivity index (χ3v) is 8.46. The SMILES string of the molecule is CC(C)C(=O)N1C(C)CN(S(=O)(=O)c2ccccc2)CC1C(=O)NCc1ccc(-c2ccccc2)cc1. The maximum absolute atomic E-state index is 13.4. The Morgan fingerprint density at radius 1 is 0.865 bits per heavy atom. The van der Waals surface area contributed by atoms with E-state index < -0.39 is 22.1 Å². The minimum Gasteiger partial charge on any atom is -0.350 e. The summed E-state index contributed by atoms with van der Waals surface area (Å²) in [7, 11) is -3.81. The normalized spacial score (nSPS) is 18.5. The van der Waals surface area contributed by atoms with Gasteiger partial charge in [0, 0.05) is 31.6 Å². The molecule has 1 saturated heterocycles. The Labute approximate surface area is 219 Å². The van der Waals surface area contributed by atoms with Gasteiger partial charge in [0.25, 0.3) is 0 Å². The lowest BCUT2D eigenvalue weighted by molar-refractivity contribution is -0.148. The number of hydrogen-bond acceptors (Lipinski definition) is 4. The van der Waals surface area contributed by atoms with Crippen molar-refractivity contribution in [3.05, 3.63) is 90.5 Å². The molecule has 0 saturated carbocycles. The zero-order valence-corrected chi connectivity index (χ0v) is 22.2. The van der Waals surface area contributed by atoms with Gasteiger partial charge in [0.15, 0.2) is 0 Å². The third kappa shape index (κ3) is 5.92. The van der Waals surface area contributed by atoms with Gasteiger partial charge in [-0.15, -0.1) is 0 Å². The first kappa shape index (κ1) is 26.6. The van der Waals surface area contributed by atoms with E-state index in [-0.39, 0.29) is 42.3 Å². The number of hydrogen-bond donors (Lipinski definition) is 1. The molecule has 3 aromatic carbocycles. The van der Waals surface area contributed by atoms with Crippen LogP contribution < -0.4 is 5.32 Å². The number of piperazine rings is 1. The van der Waals surface area contributed by atoms with Gasteiger partial charge in [-0.25, -0.2) is 8.42 Å². The van der Waals surface area contributed by atoms with Crippen molar-refractivity contribution < 1.29 is 18.0 Å². The van der Waals surface area contributed by atoms with Crippen LogP contribution in [0.5, 0.6) is 0 Å². The van der Waals surface area contributed by atoms with Crippen LogP contribution in [0.4, 0.5) is 0 Å². The fourth-order valence-corrected chi connectivity index (χ4v) is 6.16. The number of carbonyl (C=O) groups excluding carboxylic acids is 2. The average molecular weight is 520 g/mol. The van der Waals surface area contributed by atoms with Crippen molar-refractivity contribution in [2.75, 3.05) is 13.1 Å². The van der Waals surface area contributed by atoms with Gasteiger partial charge < -0.3 is 10.2 Å². The second-order valence-corrected chi connectivity index (χ2v) is 11.6. The molecule has 0 spiro atoms. The van der Waals surface area contributed by atoms with E-state index in [0.717, 1.165) is 16.7 Å². The van der Waals surface area contributed by atoms with Crippen molar-refractivity contribution in [1.82, 2.24) is 14.5 Å². The van der Waals surface area contributed by atoms with Crippen LogP contribution in [0, 0.1) is 5.92 Å². The molecule has 7 nitrogen and oxygen atoms in total. The molecule has 1 N–H and O–H groups in total. The Hall–Kier alpha value is -3.49. The number of nitrogens with one attached hydrogen (secondary N) is 1. The molecule has 1 aliphatic rings. The van der Waals surface area contributed by atoms with E-state index in [1.54, 1.807) is 56.0 Å². The largest absolute Gasteiger partial charge is 0.350 e. The fourth-order valence-electron chi connectivity index (χ4n) is 4.61. The lowest BCUT2D eigenvalue weighted by atomic mass is 10.0. The molecular formula is C29H33N3O4S. The number of sulfonamides is 1. The first-order valence-corrected chi connectivity index (χ1v) is 13.9. The Kier molecular flexibility index (Phi) is 8.10. The molecule has 0 bridgehead atoms. The highest BCUT2D eigenvalue weighted by molar-refractivity contribution is 7.89. The van der Waals surface area contributed by atoms with E-state index in [1.807, 2.05) is 54.6 Å². The molecule has 1 aliphatic heterocycles. The van der Waals surface area contributed by atoms with E-state index >= 15 is 0 Å². The molecule has 4 rings (SSSR count). The second-order valence-electron chi connectivity index (χ2n) is 9.68. The molecular weight excluding hydrogens is 486 g/mol. The quantitative estimate of drug-likeness (QED) is 0.513. The summed E-state index contributed by atoms with van der Waals surface area (Å²) in [4.78, 5) is 28.2. The Morgan fingerprint density at radius 3 is 2.03 bits per heavy atom. The van der Waals surface area contributed by atoms with E-state index in [0.29, 0.717) is 0 Å². The van der Waals surface area contributed by atoms with Crippen LogP contribution in [0.3, 0.4) is 0 Å². The third-order valence-electron chi connectivity index (χ3n) is 6.61. The zero-order chi connectivity index (χ0) is 26.6. The molecule has 0 aromatic heterocycles. The summed E-state index contributed by atoms with van der Waals surface area (Å²) in [5.41, 5.74) is 3.09. The molecule has 1 heterocycles. The van der Waals surface area contributed by atoms with Gasteiger partial charge in [-0.1, -0.05) is 86.6 Å². The van der Waals surface area contributed by atoms with Gasteiger partial charge in [0.05, 0.1) is 4.90 Å². The van der Waals surface area contributed by atoms with Gasteiger partial charge in [-0.3, -0.25) is 9.59 Å². The summed E-state index contributed by atoms with van der Waals surface area (Å²) in [6.07, 6.45) is 0. The first-order chi connectivity index (χ1) is 17.7. The highest BCUT2D eigenvalue weighted by Crippen LogP contribution is 2.25. The summed E-state index contributed by atoms with van der Waals surface area (Å²) < 4.78 is 28.0. The van der Waals surface area contributed by atoms with E-state index in [2.05, 4.69) is 5.32 Å². The maximum atomic E-state index is 13.4. The predicted molar refractivity (Wildman–Crippen MR) is 144 cm³/mol. The number of carbonyl (C=O) groups is 2. The Balaban J connectivity index is 1.52. The number of rotatable bonds is 7.